The molecule has 1 unspecified atom stereocenters. The molecule has 4 heterocycles. The van der Waals surface area contributed by atoms with Crippen LogP contribution in [-0.4, -0.2) is 73.5 Å². The minimum Gasteiger partial charge on any atom is -0.445 e. The van der Waals surface area contributed by atoms with E-state index in [4.69, 9.17) is 9.47 Å². The molecule has 2 N–H and O–H groups in total. The smallest absolute Gasteiger partial charge is 0.410 e. The molecule has 214 valence electrons. The number of benzene rings is 2. The number of nitrogens with one attached hydrogen (secondary N) is 2. The van der Waals surface area contributed by atoms with Gasteiger partial charge in [-0.25, -0.2) is 9.59 Å². The fraction of sp³-hybridized carbons (Fsp3) is 0.548. The van der Waals surface area contributed by atoms with E-state index in [0.717, 1.165) is 58.5 Å². The minimum atomic E-state index is -0.171. The van der Waals surface area contributed by atoms with Crippen molar-refractivity contribution in [2.75, 3.05) is 39.3 Å². The highest BCUT2D eigenvalue weighted by atomic mass is 16.6. The van der Waals surface area contributed by atoms with Crippen LogP contribution in [0.5, 0.6) is 0 Å². The van der Waals surface area contributed by atoms with E-state index < -0.39 is 0 Å². The molecule has 0 spiro atoms. The van der Waals surface area contributed by atoms with Gasteiger partial charge in [-0.2, -0.15) is 0 Å². The second-order valence-corrected chi connectivity index (χ2v) is 10.4. The number of carbonyl (C=O) groups excluding carboxylic acids is 2. The Labute approximate surface area is 234 Å². The molecule has 8 heteroatoms. The molecule has 39 heavy (non-hydrogen) atoms. The van der Waals surface area contributed by atoms with E-state index in [-0.39, 0.29) is 39.2 Å². The molecule has 2 saturated heterocycles. The predicted octanol–water partition coefficient (Wildman–Crippen LogP) is 4.60. The molecule has 4 aliphatic heterocycles. The first-order chi connectivity index (χ1) is 18.1. The molecule has 2 fully saturated rings. The van der Waals surface area contributed by atoms with Crippen LogP contribution in [0.15, 0.2) is 48.5 Å². The normalized spacial score (nSPS) is 23.2. The maximum absolute atomic E-state index is 12.2. The monoisotopic (exact) mass is 538 g/mol. The van der Waals surface area contributed by atoms with Crippen molar-refractivity contribution in [2.45, 2.75) is 66.3 Å². The second-order valence-electron chi connectivity index (χ2n) is 10.4. The fourth-order valence-corrected chi connectivity index (χ4v) is 5.40. The SMILES string of the molecule is C.C.CC1CNC[C@@H]1OC(=O)N1CCc2ccccc2C1.O=C(O[C@@H]1CCNC1)N1CCc2ccccc2C1. The number of amides is 2. The minimum absolute atomic E-state index is 0. The van der Waals surface area contributed by atoms with Crippen molar-refractivity contribution in [3.63, 3.8) is 0 Å². The lowest BCUT2D eigenvalue weighted by molar-refractivity contribution is 0.0522. The van der Waals surface area contributed by atoms with E-state index >= 15 is 0 Å². The number of hydrogen-bond donors (Lipinski definition) is 2. The third kappa shape index (κ3) is 7.73. The van der Waals surface area contributed by atoms with Crippen LogP contribution in [0.25, 0.3) is 0 Å². The van der Waals surface area contributed by atoms with E-state index in [1.54, 1.807) is 4.90 Å². The lowest BCUT2D eigenvalue weighted by Crippen LogP contribution is -2.39. The van der Waals surface area contributed by atoms with E-state index in [1.165, 1.54) is 22.3 Å². The summed E-state index contributed by atoms with van der Waals surface area (Å²) in [6.07, 6.45) is 2.50. The molecule has 8 nitrogen and oxygen atoms in total. The van der Waals surface area contributed by atoms with E-state index in [0.29, 0.717) is 19.0 Å². The lowest BCUT2D eigenvalue weighted by atomic mass is 10.0. The number of rotatable bonds is 2. The Morgan fingerprint density at radius 1 is 0.744 bits per heavy atom. The van der Waals surface area contributed by atoms with Gasteiger partial charge in [0.2, 0.25) is 0 Å². The first-order valence-electron chi connectivity index (χ1n) is 13.5. The van der Waals surface area contributed by atoms with E-state index in [1.807, 2.05) is 17.0 Å². The maximum Gasteiger partial charge on any atom is 0.410 e. The second kappa shape index (κ2) is 14.3. The molecule has 0 bridgehead atoms. The average Bonchev–Trinajstić information content (AvgIpc) is 3.60. The molecule has 0 radical (unpaired) electrons. The Balaban J connectivity index is 0.000000205. The van der Waals surface area contributed by atoms with Crippen LogP contribution in [0.4, 0.5) is 9.59 Å². The standard InChI is InChI=1S/C15H20N2O2.C14H18N2O2.2CH4/c1-11-8-16-9-14(11)19-15(18)17-7-6-12-4-2-3-5-13(12)10-17;17-14(18-13-5-7-15-9-13)16-8-6-11-3-1-2-4-12(11)10-16;;/h2-5,11,14,16H,6-10H2,1H3;1-4,13,15H,5-10H2;2*1H4/t11?,14-;13-;;/m01../s1. The quantitative estimate of drug-likeness (QED) is 0.581. The van der Waals surface area contributed by atoms with Crippen molar-refractivity contribution in [3.05, 3.63) is 70.8 Å². The zero-order valence-electron chi connectivity index (χ0n) is 21.7. The first-order valence-corrected chi connectivity index (χ1v) is 13.5. The van der Waals surface area contributed by atoms with Gasteiger partial charge in [0.15, 0.2) is 0 Å². The van der Waals surface area contributed by atoms with Gasteiger partial charge in [0.05, 0.1) is 0 Å². The van der Waals surface area contributed by atoms with Gasteiger partial charge in [-0.05, 0) is 48.1 Å². The summed E-state index contributed by atoms with van der Waals surface area (Å²) in [6, 6.07) is 16.6. The third-order valence-corrected chi connectivity index (χ3v) is 7.76. The Morgan fingerprint density at radius 3 is 1.77 bits per heavy atom. The molecule has 2 amide bonds. The molecular formula is C31H46N4O4. The number of fused-ring (bicyclic) bond motifs is 2. The van der Waals surface area contributed by atoms with Crippen LogP contribution >= 0.6 is 0 Å². The molecule has 6 rings (SSSR count). The molecule has 0 saturated carbocycles. The summed E-state index contributed by atoms with van der Waals surface area (Å²) in [5.41, 5.74) is 5.18. The van der Waals surface area contributed by atoms with Crippen LogP contribution in [0, 0.1) is 5.92 Å². The van der Waals surface area contributed by atoms with Gasteiger partial charge in [-0.1, -0.05) is 70.3 Å². The van der Waals surface area contributed by atoms with E-state index in [9.17, 15) is 9.59 Å². The fourth-order valence-electron chi connectivity index (χ4n) is 5.40. The zero-order valence-corrected chi connectivity index (χ0v) is 21.7. The van der Waals surface area contributed by atoms with Crippen molar-refractivity contribution >= 4 is 12.2 Å². The maximum atomic E-state index is 12.2. The van der Waals surface area contributed by atoms with Crippen molar-refractivity contribution in [1.82, 2.24) is 20.4 Å². The summed E-state index contributed by atoms with van der Waals surface area (Å²) in [5.74, 6) is 0.404. The van der Waals surface area contributed by atoms with Crippen molar-refractivity contribution in [3.8, 4) is 0 Å². The van der Waals surface area contributed by atoms with Crippen LogP contribution in [0.1, 0.15) is 50.5 Å². The number of ether oxygens (including phenoxy) is 2. The summed E-state index contributed by atoms with van der Waals surface area (Å²) in [7, 11) is 0. The third-order valence-electron chi connectivity index (χ3n) is 7.76. The Hall–Kier alpha value is -3.10. The molecule has 4 aliphatic rings. The van der Waals surface area contributed by atoms with Crippen molar-refractivity contribution < 1.29 is 19.1 Å². The molecule has 2 aromatic rings. The summed E-state index contributed by atoms with van der Waals surface area (Å²) in [4.78, 5) is 27.8. The highest BCUT2D eigenvalue weighted by molar-refractivity contribution is 5.69. The van der Waals surface area contributed by atoms with Gasteiger partial charge in [-0.15, -0.1) is 0 Å². The van der Waals surface area contributed by atoms with E-state index in [2.05, 4.69) is 54.0 Å². The number of hydrogen-bond acceptors (Lipinski definition) is 6. The molecule has 0 aromatic heterocycles. The van der Waals surface area contributed by atoms with Gasteiger partial charge in [0.25, 0.3) is 0 Å². The van der Waals surface area contributed by atoms with Gasteiger partial charge in [0, 0.05) is 51.7 Å². The highest BCUT2D eigenvalue weighted by Gasteiger charge is 2.30. The average molecular weight is 539 g/mol. The topological polar surface area (TPSA) is 83.1 Å². The van der Waals surface area contributed by atoms with Crippen LogP contribution in [-0.2, 0) is 35.4 Å². The predicted molar refractivity (Wildman–Crippen MR) is 155 cm³/mol. The summed E-state index contributed by atoms with van der Waals surface area (Å²) < 4.78 is 11.1. The van der Waals surface area contributed by atoms with Gasteiger partial charge in [-0.3, -0.25) is 0 Å². The molecule has 2 aromatic carbocycles. The van der Waals surface area contributed by atoms with Crippen LogP contribution in [0.2, 0.25) is 0 Å². The highest BCUT2D eigenvalue weighted by Crippen LogP contribution is 2.21. The Morgan fingerprint density at radius 2 is 1.28 bits per heavy atom. The lowest BCUT2D eigenvalue weighted by Gasteiger charge is -2.29. The van der Waals surface area contributed by atoms with Crippen LogP contribution < -0.4 is 10.6 Å². The first kappa shape index (κ1) is 30.4. The van der Waals surface area contributed by atoms with Gasteiger partial charge >= 0.3 is 12.2 Å². The Bertz CT molecular complexity index is 1090. The largest absolute Gasteiger partial charge is 0.445 e. The summed E-state index contributed by atoms with van der Waals surface area (Å²) >= 11 is 0. The zero-order chi connectivity index (χ0) is 25.6. The Kier molecular flexibility index (Phi) is 11.2. The van der Waals surface area contributed by atoms with Crippen molar-refractivity contribution in [1.29, 1.82) is 0 Å². The van der Waals surface area contributed by atoms with Gasteiger partial charge < -0.3 is 29.9 Å². The molecule has 0 aliphatic carbocycles. The molecular weight excluding hydrogens is 492 g/mol. The molecule has 3 atom stereocenters. The number of nitrogens with zero attached hydrogens (tertiary/aromatic N) is 2. The van der Waals surface area contributed by atoms with Gasteiger partial charge in [0.1, 0.15) is 12.2 Å². The van der Waals surface area contributed by atoms with Crippen molar-refractivity contribution in [2.24, 2.45) is 5.92 Å². The summed E-state index contributed by atoms with van der Waals surface area (Å²) in [5, 5.41) is 6.45. The summed E-state index contributed by atoms with van der Waals surface area (Å²) in [6.45, 7) is 8.41. The van der Waals surface area contributed by atoms with Crippen LogP contribution in [0.3, 0.4) is 0 Å². The number of carbonyl (C=O) groups is 2.